The van der Waals surface area contributed by atoms with E-state index in [1.54, 1.807) is 42.1 Å². The molecule has 0 aliphatic heterocycles. The van der Waals surface area contributed by atoms with Gasteiger partial charge in [0, 0.05) is 22.0 Å². The van der Waals surface area contributed by atoms with Crippen LogP contribution in [0.4, 0.5) is 5.69 Å². The van der Waals surface area contributed by atoms with Gasteiger partial charge in [0.2, 0.25) is 17.4 Å². The van der Waals surface area contributed by atoms with E-state index in [-0.39, 0.29) is 23.7 Å². The average Bonchev–Trinajstić information content (AvgIpc) is 3.52. The molecule has 0 radical (unpaired) electrons. The van der Waals surface area contributed by atoms with Gasteiger partial charge in [0.15, 0.2) is 0 Å². The fraction of sp³-hybridized carbons (Fsp3) is 0.308. The second kappa shape index (κ2) is 10.1. The smallest absolute Gasteiger partial charge is 0.332 e. The first-order chi connectivity index (χ1) is 17.4. The van der Waals surface area contributed by atoms with Gasteiger partial charge in [0.1, 0.15) is 24.2 Å². The maximum absolute atomic E-state index is 13.5. The Hall–Kier alpha value is -3.79. The Kier molecular flexibility index (Phi) is 6.69. The van der Waals surface area contributed by atoms with Crippen molar-refractivity contribution in [2.45, 2.75) is 49.7 Å². The lowest BCUT2D eigenvalue weighted by atomic mass is 10.2. The highest BCUT2D eigenvalue weighted by atomic mass is 32.2. The summed E-state index contributed by atoms with van der Waals surface area (Å²) < 4.78 is 7.86. The first-order valence-corrected chi connectivity index (χ1v) is 13.0. The van der Waals surface area contributed by atoms with Gasteiger partial charge >= 0.3 is 5.69 Å². The van der Waals surface area contributed by atoms with Gasteiger partial charge in [-0.3, -0.25) is 19.0 Å². The van der Waals surface area contributed by atoms with Crippen molar-refractivity contribution in [2.75, 3.05) is 11.6 Å². The molecule has 2 N–H and O–H groups in total. The Morgan fingerprint density at radius 1 is 1.00 bits per heavy atom. The summed E-state index contributed by atoms with van der Waals surface area (Å²) in [7, 11) is 0. The van der Waals surface area contributed by atoms with Crippen molar-refractivity contribution in [1.82, 2.24) is 14.5 Å². The number of benzene rings is 2. The molecule has 2 aromatic heterocycles. The lowest BCUT2D eigenvalue weighted by Gasteiger charge is -2.14. The molecule has 1 aliphatic carbocycles. The van der Waals surface area contributed by atoms with E-state index in [9.17, 15) is 19.2 Å². The second-order valence-electron chi connectivity index (χ2n) is 8.86. The zero-order valence-electron chi connectivity index (χ0n) is 19.8. The molecule has 0 bridgehead atoms. The van der Waals surface area contributed by atoms with Crippen LogP contribution >= 0.6 is 11.8 Å². The number of amides is 2. The number of hydrogen-bond acceptors (Lipinski definition) is 6. The van der Waals surface area contributed by atoms with E-state index in [0.29, 0.717) is 16.7 Å². The third kappa shape index (κ3) is 4.68. The van der Waals surface area contributed by atoms with Crippen LogP contribution in [-0.4, -0.2) is 33.2 Å². The first-order valence-electron chi connectivity index (χ1n) is 11.8. The quantitative estimate of drug-likeness (QED) is 0.372. The van der Waals surface area contributed by atoms with Crippen LogP contribution in [0, 0.1) is 0 Å². The second-order valence-corrected chi connectivity index (χ2v) is 9.74. The van der Waals surface area contributed by atoms with Crippen molar-refractivity contribution in [3.63, 3.8) is 0 Å². The van der Waals surface area contributed by atoms with E-state index >= 15 is 0 Å². The number of carbonyl (C=O) groups is 2. The van der Waals surface area contributed by atoms with Crippen LogP contribution in [0.25, 0.3) is 22.1 Å². The highest BCUT2D eigenvalue weighted by molar-refractivity contribution is 7.98. The molecule has 9 nitrogen and oxygen atoms in total. The van der Waals surface area contributed by atoms with E-state index < -0.39 is 29.6 Å². The van der Waals surface area contributed by atoms with E-state index in [4.69, 9.17) is 4.42 Å². The fourth-order valence-electron chi connectivity index (χ4n) is 4.71. The molecule has 186 valence electrons. The van der Waals surface area contributed by atoms with Crippen LogP contribution in [0.5, 0.6) is 0 Å². The summed E-state index contributed by atoms with van der Waals surface area (Å²) in [5, 5.41) is 6.26. The number of carbonyl (C=O) groups excluding carboxylic acids is 2. The number of thioether (sulfide) groups is 1. The van der Waals surface area contributed by atoms with E-state index in [1.807, 2.05) is 24.5 Å². The Morgan fingerprint density at radius 2 is 1.75 bits per heavy atom. The minimum absolute atomic E-state index is 0.0492. The zero-order valence-corrected chi connectivity index (χ0v) is 20.6. The van der Waals surface area contributed by atoms with Gasteiger partial charge in [0.25, 0.3) is 5.56 Å². The van der Waals surface area contributed by atoms with Crippen molar-refractivity contribution in [2.24, 2.45) is 0 Å². The number of nitrogens with zero attached hydrogens (tertiary/aromatic N) is 2. The van der Waals surface area contributed by atoms with Crippen molar-refractivity contribution in [3.8, 4) is 0 Å². The molecule has 4 aromatic rings. The molecule has 2 heterocycles. The minimum atomic E-state index is -0.742. The predicted octanol–water partition coefficient (Wildman–Crippen LogP) is 3.33. The summed E-state index contributed by atoms with van der Waals surface area (Å²) in [5.41, 5.74) is -0.259. The van der Waals surface area contributed by atoms with Gasteiger partial charge in [-0.1, -0.05) is 31.0 Å². The molecule has 1 saturated carbocycles. The maximum Gasteiger partial charge on any atom is 0.332 e. The number of aromatic nitrogens is 2. The van der Waals surface area contributed by atoms with E-state index in [0.717, 1.165) is 35.1 Å². The Bertz CT molecular complexity index is 1580. The molecule has 36 heavy (non-hydrogen) atoms. The molecule has 5 rings (SSSR count). The van der Waals surface area contributed by atoms with E-state index in [1.165, 1.54) is 4.57 Å². The normalized spacial score (nSPS) is 13.9. The summed E-state index contributed by atoms with van der Waals surface area (Å²) in [6.07, 6.45) is 5.78. The number of fused-ring (bicyclic) bond motifs is 3. The lowest BCUT2D eigenvalue weighted by Crippen LogP contribution is -2.46. The fourth-order valence-corrected chi connectivity index (χ4v) is 5.17. The molecule has 10 heteroatoms. The van der Waals surface area contributed by atoms with Crippen molar-refractivity contribution < 1.29 is 14.0 Å². The monoisotopic (exact) mass is 506 g/mol. The number of rotatable bonds is 7. The minimum Gasteiger partial charge on any atom is -0.449 e. The first kappa shape index (κ1) is 23.9. The van der Waals surface area contributed by atoms with Crippen LogP contribution in [-0.2, 0) is 22.7 Å². The molecule has 2 aromatic carbocycles. The molecule has 0 atom stereocenters. The van der Waals surface area contributed by atoms with Crippen molar-refractivity contribution in [1.29, 1.82) is 0 Å². The van der Waals surface area contributed by atoms with Gasteiger partial charge < -0.3 is 15.1 Å². The largest absolute Gasteiger partial charge is 0.449 e. The summed E-state index contributed by atoms with van der Waals surface area (Å²) in [6, 6.07) is 14.3. The van der Waals surface area contributed by atoms with Crippen LogP contribution in [0.1, 0.15) is 25.7 Å². The molecule has 0 unspecified atom stereocenters. The number of hydrogen-bond donors (Lipinski definition) is 2. The molecule has 1 aliphatic rings. The predicted molar refractivity (Wildman–Crippen MR) is 139 cm³/mol. The van der Waals surface area contributed by atoms with E-state index in [2.05, 4.69) is 10.6 Å². The molecule has 0 saturated heterocycles. The highest BCUT2D eigenvalue weighted by Gasteiger charge is 2.24. The molecular weight excluding hydrogens is 480 g/mol. The number of nitrogens with one attached hydrogen (secondary N) is 2. The van der Waals surface area contributed by atoms with Crippen molar-refractivity contribution in [3.05, 3.63) is 69.4 Å². The van der Waals surface area contributed by atoms with Crippen LogP contribution < -0.4 is 21.9 Å². The molecular formula is C26H26N4O5S. The molecule has 2 amide bonds. The van der Waals surface area contributed by atoms with Crippen LogP contribution in [0.3, 0.4) is 0 Å². The standard InChI is InChI=1S/C26H26N4O5S/c1-36-18-10-6-9-17(13-18)28-21(31)14-29-23-19-11-4-5-12-20(19)35-24(23)25(33)30(26(29)34)15-22(32)27-16-7-2-3-8-16/h4-6,9-13,16H,2-3,7-8,14-15H2,1H3,(H,27,32)(H,28,31). The molecule has 1 fully saturated rings. The van der Waals surface area contributed by atoms with Gasteiger partial charge in [-0.25, -0.2) is 9.36 Å². The summed E-state index contributed by atoms with van der Waals surface area (Å²) >= 11 is 1.55. The van der Waals surface area contributed by atoms with Gasteiger partial charge in [0.05, 0.1) is 0 Å². The topological polar surface area (TPSA) is 115 Å². The average molecular weight is 507 g/mol. The highest BCUT2D eigenvalue weighted by Crippen LogP contribution is 2.26. The Morgan fingerprint density at radius 3 is 2.53 bits per heavy atom. The van der Waals surface area contributed by atoms with Gasteiger partial charge in [-0.15, -0.1) is 11.8 Å². The summed E-state index contributed by atoms with van der Waals surface area (Å²) in [4.78, 5) is 53.5. The van der Waals surface area contributed by atoms with Gasteiger partial charge in [-0.2, -0.15) is 0 Å². The number of furan rings is 1. The van der Waals surface area contributed by atoms with Crippen molar-refractivity contribution >= 4 is 51.3 Å². The third-order valence-electron chi connectivity index (χ3n) is 6.42. The van der Waals surface area contributed by atoms with Gasteiger partial charge in [-0.05, 0) is 49.4 Å². The summed E-state index contributed by atoms with van der Waals surface area (Å²) in [6.45, 7) is -0.800. The Labute approximate surface area is 210 Å². The number of para-hydroxylation sites is 1. The zero-order chi connectivity index (χ0) is 25.2. The van der Waals surface area contributed by atoms with Crippen LogP contribution in [0.2, 0.25) is 0 Å². The lowest BCUT2D eigenvalue weighted by molar-refractivity contribution is -0.122. The Balaban J connectivity index is 1.54. The maximum atomic E-state index is 13.5. The molecule has 0 spiro atoms. The third-order valence-corrected chi connectivity index (χ3v) is 7.14. The number of anilines is 1. The van der Waals surface area contributed by atoms with Crippen LogP contribution in [0.15, 0.2) is 67.4 Å². The SMILES string of the molecule is CSc1cccc(NC(=O)Cn2c(=O)n(CC(=O)NC3CCCC3)c(=O)c3oc4ccccc4c32)c1. The summed E-state index contributed by atoms with van der Waals surface area (Å²) in [5.74, 6) is -0.857.